The molecule has 33 heavy (non-hydrogen) atoms. The van der Waals surface area contributed by atoms with Crippen LogP contribution >= 0.6 is 0 Å². The number of ether oxygens (including phenoxy) is 1. The van der Waals surface area contributed by atoms with Crippen molar-refractivity contribution >= 4 is 29.2 Å². The molecule has 0 saturated carbocycles. The highest BCUT2D eigenvalue weighted by molar-refractivity contribution is 6.14. The number of carbonyl (C=O) groups excluding carboxylic acids is 3. The smallest absolute Gasteiger partial charge is 0.409 e. The van der Waals surface area contributed by atoms with Crippen molar-refractivity contribution in [3.05, 3.63) is 106 Å². The van der Waals surface area contributed by atoms with Gasteiger partial charge in [-0.25, -0.2) is 4.79 Å². The minimum Gasteiger partial charge on any atom is -0.445 e. The van der Waals surface area contributed by atoms with Gasteiger partial charge < -0.3 is 15.8 Å². The molecule has 0 spiro atoms. The zero-order valence-corrected chi connectivity index (χ0v) is 17.3. The number of nitrogens with zero attached hydrogens (tertiary/aromatic N) is 1. The molecule has 3 aromatic carbocycles. The van der Waals surface area contributed by atoms with Crippen LogP contribution in [0.15, 0.2) is 78.9 Å². The second kappa shape index (κ2) is 10.6. The van der Waals surface area contributed by atoms with Crippen LogP contribution in [0.2, 0.25) is 0 Å². The van der Waals surface area contributed by atoms with Gasteiger partial charge in [-0.2, -0.15) is 0 Å². The van der Waals surface area contributed by atoms with Crippen molar-refractivity contribution in [3.63, 3.8) is 0 Å². The molecule has 168 valence electrons. The van der Waals surface area contributed by atoms with Crippen LogP contribution in [-0.4, -0.2) is 28.9 Å². The molecule has 0 radical (unpaired) electrons. The summed E-state index contributed by atoms with van der Waals surface area (Å²) in [5.74, 6) is -1.32. The van der Waals surface area contributed by atoms with Gasteiger partial charge in [-0.15, -0.1) is 0 Å². The Balaban J connectivity index is 1.65. The van der Waals surface area contributed by atoms with Crippen molar-refractivity contribution in [2.45, 2.75) is 12.8 Å². The van der Waals surface area contributed by atoms with Gasteiger partial charge in [-0.05, 0) is 17.7 Å². The van der Waals surface area contributed by atoms with E-state index in [-0.39, 0.29) is 29.1 Å². The summed E-state index contributed by atoms with van der Waals surface area (Å²) in [7, 11) is 0. The fraction of sp³-hybridized carbons (Fsp3) is 0.0870. The van der Waals surface area contributed by atoms with Crippen molar-refractivity contribution in [1.82, 2.24) is 5.32 Å². The number of carbonyl (C=O) groups is 3. The minimum atomic E-state index is -1.45. The number of hydrogen-bond acceptors (Lipinski definition) is 7. The number of non-ortho nitro benzene ring substituents is 1. The van der Waals surface area contributed by atoms with Gasteiger partial charge in [0.05, 0.1) is 10.6 Å². The number of nitro benzene ring substituents is 1. The number of ketones is 1. The van der Waals surface area contributed by atoms with Crippen molar-refractivity contribution in [2.24, 2.45) is 5.73 Å². The van der Waals surface area contributed by atoms with E-state index in [1.54, 1.807) is 36.4 Å². The fourth-order valence-electron chi connectivity index (χ4n) is 2.87. The van der Waals surface area contributed by atoms with Gasteiger partial charge in [0.15, 0.2) is 11.9 Å². The predicted molar refractivity (Wildman–Crippen MR) is 119 cm³/mol. The minimum absolute atomic E-state index is 0.00155. The lowest BCUT2D eigenvalue weighted by molar-refractivity contribution is -0.384. The molecule has 4 N–H and O–H groups in total. The maximum Gasteiger partial charge on any atom is 0.409 e. The Kier molecular flexibility index (Phi) is 7.45. The summed E-state index contributed by atoms with van der Waals surface area (Å²) in [4.78, 5) is 47.7. The highest BCUT2D eigenvalue weighted by atomic mass is 16.6. The van der Waals surface area contributed by atoms with Crippen LogP contribution in [0.25, 0.3) is 0 Å². The Morgan fingerprint density at radius 1 is 0.970 bits per heavy atom. The first-order valence-electron chi connectivity index (χ1n) is 9.77. The summed E-state index contributed by atoms with van der Waals surface area (Å²) >= 11 is 0. The number of nitro groups is 1. The summed E-state index contributed by atoms with van der Waals surface area (Å²) in [6, 6.07) is 20.3. The SMILES string of the molecule is NC(NC(=O)OCc1ccccc1)C(=O)Nc1ccccc1C(=O)c1cccc([N+](=O)[O-])c1. The first-order valence-corrected chi connectivity index (χ1v) is 9.77. The molecule has 0 aliphatic carbocycles. The monoisotopic (exact) mass is 448 g/mol. The molecule has 1 atom stereocenters. The van der Waals surface area contributed by atoms with Crippen LogP contribution < -0.4 is 16.4 Å². The van der Waals surface area contributed by atoms with Gasteiger partial charge in [0, 0.05) is 23.3 Å². The fourth-order valence-corrected chi connectivity index (χ4v) is 2.87. The van der Waals surface area contributed by atoms with Crippen LogP contribution in [0.5, 0.6) is 0 Å². The average Bonchev–Trinajstić information content (AvgIpc) is 2.83. The van der Waals surface area contributed by atoms with Gasteiger partial charge in [-0.1, -0.05) is 54.6 Å². The number of alkyl carbamates (subject to hydrolysis) is 1. The molecule has 10 nitrogen and oxygen atoms in total. The Labute approximate surface area is 188 Å². The zero-order chi connectivity index (χ0) is 23.8. The maximum atomic E-state index is 12.9. The third-order valence-corrected chi connectivity index (χ3v) is 4.52. The average molecular weight is 448 g/mol. The topological polar surface area (TPSA) is 154 Å². The lowest BCUT2D eigenvalue weighted by atomic mass is 10.0. The molecule has 3 aromatic rings. The second-order valence-electron chi connectivity index (χ2n) is 6.86. The summed E-state index contributed by atoms with van der Waals surface area (Å²) in [5.41, 5.74) is 6.59. The molecule has 1 unspecified atom stereocenters. The molecule has 2 amide bonds. The van der Waals surface area contributed by atoms with E-state index in [1.807, 2.05) is 6.07 Å². The van der Waals surface area contributed by atoms with Gasteiger partial charge in [-0.3, -0.25) is 25.0 Å². The first kappa shape index (κ1) is 23.1. The van der Waals surface area contributed by atoms with E-state index in [0.29, 0.717) is 0 Å². The van der Waals surface area contributed by atoms with Crippen LogP contribution in [-0.2, 0) is 16.1 Å². The molecule has 0 aromatic heterocycles. The highest BCUT2D eigenvalue weighted by Gasteiger charge is 2.21. The normalized spacial score (nSPS) is 11.2. The lowest BCUT2D eigenvalue weighted by Crippen LogP contribution is -2.50. The number of nitrogens with one attached hydrogen (secondary N) is 2. The molecule has 0 aliphatic rings. The third kappa shape index (κ3) is 6.21. The highest BCUT2D eigenvalue weighted by Crippen LogP contribution is 2.22. The van der Waals surface area contributed by atoms with E-state index in [2.05, 4.69) is 10.6 Å². The van der Waals surface area contributed by atoms with Crippen LogP contribution in [0.3, 0.4) is 0 Å². The number of hydrogen-bond donors (Lipinski definition) is 3. The van der Waals surface area contributed by atoms with Crippen LogP contribution in [0.4, 0.5) is 16.2 Å². The second-order valence-corrected chi connectivity index (χ2v) is 6.86. The van der Waals surface area contributed by atoms with Crippen LogP contribution in [0.1, 0.15) is 21.5 Å². The number of nitrogens with two attached hydrogens (primary N) is 1. The molecule has 0 bridgehead atoms. The number of amides is 2. The van der Waals surface area contributed by atoms with E-state index in [1.165, 1.54) is 30.3 Å². The summed E-state index contributed by atoms with van der Waals surface area (Å²) in [6.07, 6.45) is -2.34. The number of benzene rings is 3. The van der Waals surface area contributed by atoms with Crippen molar-refractivity contribution in [2.75, 3.05) is 5.32 Å². The van der Waals surface area contributed by atoms with E-state index in [9.17, 15) is 24.5 Å². The predicted octanol–water partition coefficient (Wildman–Crippen LogP) is 2.98. The summed E-state index contributed by atoms with van der Waals surface area (Å²) in [5, 5.41) is 15.7. The quantitative estimate of drug-likeness (QED) is 0.207. The van der Waals surface area contributed by atoms with Gasteiger partial charge in [0.2, 0.25) is 0 Å². The molecule has 10 heteroatoms. The van der Waals surface area contributed by atoms with Crippen molar-refractivity contribution in [1.29, 1.82) is 0 Å². The molecular formula is C23H20N4O6. The summed E-state index contributed by atoms with van der Waals surface area (Å²) in [6.45, 7) is 0.00155. The molecule has 0 saturated heterocycles. The van der Waals surface area contributed by atoms with Crippen LogP contribution in [0, 0.1) is 10.1 Å². The Morgan fingerprint density at radius 3 is 2.39 bits per heavy atom. The van der Waals surface area contributed by atoms with Gasteiger partial charge in [0.1, 0.15) is 6.61 Å². The van der Waals surface area contributed by atoms with Crippen molar-refractivity contribution in [3.8, 4) is 0 Å². The number of anilines is 1. The molecule has 0 fully saturated rings. The van der Waals surface area contributed by atoms with Gasteiger partial charge in [0.25, 0.3) is 11.6 Å². The van der Waals surface area contributed by atoms with E-state index < -0.39 is 28.9 Å². The van der Waals surface area contributed by atoms with E-state index >= 15 is 0 Å². The number of para-hydroxylation sites is 1. The summed E-state index contributed by atoms with van der Waals surface area (Å²) < 4.78 is 5.03. The van der Waals surface area contributed by atoms with Gasteiger partial charge >= 0.3 is 6.09 Å². The molecular weight excluding hydrogens is 428 g/mol. The Hall–Kier alpha value is -4.57. The molecule has 0 heterocycles. The zero-order valence-electron chi connectivity index (χ0n) is 17.3. The number of rotatable bonds is 8. The van der Waals surface area contributed by atoms with E-state index in [0.717, 1.165) is 11.6 Å². The largest absolute Gasteiger partial charge is 0.445 e. The Bertz CT molecular complexity index is 1180. The standard InChI is InChI=1S/C23H20N4O6/c24-21(26-23(30)33-14-15-7-2-1-3-8-15)22(29)25-19-12-5-4-11-18(19)20(28)16-9-6-10-17(13-16)27(31)32/h1-13,21H,14,24H2,(H,25,29)(H,26,30). The molecule has 0 aliphatic heterocycles. The maximum absolute atomic E-state index is 12.9. The van der Waals surface area contributed by atoms with Crippen molar-refractivity contribution < 1.29 is 24.0 Å². The lowest BCUT2D eigenvalue weighted by Gasteiger charge is -2.16. The third-order valence-electron chi connectivity index (χ3n) is 4.52. The first-order chi connectivity index (χ1) is 15.8. The Morgan fingerprint density at radius 2 is 1.67 bits per heavy atom. The molecule has 3 rings (SSSR count). The van der Waals surface area contributed by atoms with E-state index in [4.69, 9.17) is 10.5 Å².